The summed E-state index contributed by atoms with van der Waals surface area (Å²) in [5, 5.41) is 0. The molecule has 0 amide bonds. The molecule has 0 aliphatic carbocycles. The van der Waals surface area contributed by atoms with Gasteiger partial charge in [0.05, 0.1) is 13.0 Å². The summed E-state index contributed by atoms with van der Waals surface area (Å²) in [4.78, 5) is 13.8. The molecular weight excluding hydrogens is 216 g/mol. The summed E-state index contributed by atoms with van der Waals surface area (Å²) >= 11 is 0. The quantitative estimate of drug-likeness (QED) is 0.740. The second kappa shape index (κ2) is 6.97. The van der Waals surface area contributed by atoms with E-state index in [1.165, 1.54) is 6.42 Å². The molecule has 4 heteroatoms. The van der Waals surface area contributed by atoms with Crippen LogP contribution >= 0.6 is 0 Å². The molecule has 100 valence electrons. The minimum atomic E-state index is -0.102. The van der Waals surface area contributed by atoms with Crippen molar-refractivity contribution < 1.29 is 9.53 Å². The van der Waals surface area contributed by atoms with Gasteiger partial charge in [0.2, 0.25) is 0 Å². The summed E-state index contributed by atoms with van der Waals surface area (Å²) in [5.41, 5.74) is 5.83. The number of piperidine rings is 1. The van der Waals surface area contributed by atoms with Crippen LogP contribution in [-0.4, -0.2) is 42.6 Å². The summed E-state index contributed by atoms with van der Waals surface area (Å²) in [6.07, 6.45) is 2.81. The van der Waals surface area contributed by atoms with Crippen LogP contribution in [-0.2, 0) is 9.53 Å². The molecule has 0 spiro atoms. The highest BCUT2D eigenvalue weighted by Gasteiger charge is 2.29. The number of esters is 1. The van der Waals surface area contributed by atoms with Gasteiger partial charge in [-0.15, -0.1) is 0 Å². The third kappa shape index (κ3) is 4.28. The zero-order valence-corrected chi connectivity index (χ0v) is 11.3. The predicted molar refractivity (Wildman–Crippen MR) is 68.7 cm³/mol. The van der Waals surface area contributed by atoms with Crippen LogP contribution in [0, 0.1) is 5.92 Å². The number of hydrogen-bond acceptors (Lipinski definition) is 4. The minimum Gasteiger partial charge on any atom is -0.466 e. The number of ether oxygens (including phenoxy) is 1. The zero-order chi connectivity index (χ0) is 12.8. The molecule has 3 unspecified atom stereocenters. The van der Waals surface area contributed by atoms with Crippen LogP contribution in [0.2, 0.25) is 0 Å². The molecule has 1 saturated heterocycles. The van der Waals surface area contributed by atoms with Crippen LogP contribution in [0.3, 0.4) is 0 Å². The van der Waals surface area contributed by atoms with E-state index in [9.17, 15) is 4.79 Å². The summed E-state index contributed by atoms with van der Waals surface area (Å²) in [6, 6.07) is 0.651. The average Bonchev–Trinajstić information content (AvgIpc) is 2.28. The first-order valence-electron chi connectivity index (χ1n) is 6.69. The van der Waals surface area contributed by atoms with E-state index in [0.717, 1.165) is 18.9 Å². The lowest BCUT2D eigenvalue weighted by Gasteiger charge is -2.41. The van der Waals surface area contributed by atoms with Gasteiger partial charge in [0.1, 0.15) is 0 Å². The smallest absolute Gasteiger partial charge is 0.307 e. The molecule has 2 N–H and O–H groups in total. The summed E-state index contributed by atoms with van der Waals surface area (Å²) in [7, 11) is 0. The van der Waals surface area contributed by atoms with Crippen LogP contribution in [0.15, 0.2) is 0 Å². The van der Waals surface area contributed by atoms with Crippen LogP contribution in [0.4, 0.5) is 0 Å². The first-order chi connectivity index (χ1) is 8.08. The third-order valence-corrected chi connectivity index (χ3v) is 3.63. The van der Waals surface area contributed by atoms with Crippen molar-refractivity contribution in [3.63, 3.8) is 0 Å². The maximum absolute atomic E-state index is 11.5. The Morgan fingerprint density at radius 3 is 2.88 bits per heavy atom. The highest BCUT2D eigenvalue weighted by molar-refractivity contribution is 5.70. The van der Waals surface area contributed by atoms with E-state index in [1.54, 1.807) is 0 Å². The van der Waals surface area contributed by atoms with Crippen molar-refractivity contribution in [2.45, 2.75) is 52.1 Å². The van der Waals surface area contributed by atoms with Gasteiger partial charge in [0.15, 0.2) is 0 Å². The number of carbonyl (C=O) groups is 1. The zero-order valence-electron chi connectivity index (χ0n) is 11.3. The first-order valence-corrected chi connectivity index (χ1v) is 6.69. The average molecular weight is 242 g/mol. The van der Waals surface area contributed by atoms with Crippen molar-refractivity contribution in [3.8, 4) is 0 Å². The van der Waals surface area contributed by atoms with E-state index in [4.69, 9.17) is 10.5 Å². The van der Waals surface area contributed by atoms with Crippen molar-refractivity contribution in [2.24, 2.45) is 11.7 Å². The monoisotopic (exact) mass is 242 g/mol. The van der Waals surface area contributed by atoms with E-state index in [-0.39, 0.29) is 12.0 Å². The Balaban J connectivity index is 2.49. The van der Waals surface area contributed by atoms with E-state index in [2.05, 4.69) is 18.7 Å². The largest absolute Gasteiger partial charge is 0.466 e. The van der Waals surface area contributed by atoms with Gasteiger partial charge in [0.25, 0.3) is 0 Å². The van der Waals surface area contributed by atoms with Crippen molar-refractivity contribution in [1.82, 2.24) is 4.90 Å². The second-order valence-electron chi connectivity index (χ2n) is 5.12. The maximum Gasteiger partial charge on any atom is 0.307 e. The molecule has 1 heterocycles. The minimum absolute atomic E-state index is 0.102. The van der Waals surface area contributed by atoms with Gasteiger partial charge in [-0.2, -0.15) is 0 Å². The van der Waals surface area contributed by atoms with Crippen molar-refractivity contribution >= 4 is 5.97 Å². The Kier molecular flexibility index (Phi) is 5.92. The molecule has 1 fully saturated rings. The molecule has 0 aromatic rings. The maximum atomic E-state index is 11.5. The van der Waals surface area contributed by atoms with Crippen LogP contribution in [0.1, 0.15) is 40.0 Å². The summed E-state index contributed by atoms with van der Waals surface area (Å²) in [5.74, 6) is 0.643. The second-order valence-corrected chi connectivity index (χ2v) is 5.12. The molecule has 0 radical (unpaired) electrons. The Morgan fingerprint density at radius 2 is 2.29 bits per heavy atom. The molecule has 0 aromatic carbocycles. The van der Waals surface area contributed by atoms with E-state index in [0.29, 0.717) is 25.6 Å². The fourth-order valence-corrected chi connectivity index (χ4v) is 2.66. The van der Waals surface area contributed by atoms with Gasteiger partial charge in [0, 0.05) is 18.6 Å². The SMILES string of the molecule is CCOC(=O)CC(C)N1CCC(C)CC1CN. The van der Waals surface area contributed by atoms with Crippen LogP contribution in [0.5, 0.6) is 0 Å². The standard InChI is InChI=1S/C13H26N2O2/c1-4-17-13(16)8-11(3)15-6-5-10(2)7-12(15)9-14/h10-12H,4-9,14H2,1-3H3. The number of carbonyl (C=O) groups excluding carboxylic acids is 1. The number of rotatable bonds is 5. The Hall–Kier alpha value is -0.610. The van der Waals surface area contributed by atoms with Gasteiger partial charge >= 0.3 is 5.97 Å². The summed E-state index contributed by atoms with van der Waals surface area (Å²) in [6.45, 7) is 8.39. The number of likely N-dealkylation sites (tertiary alicyclic amines) is 1. The van der Waals surface area contributed by atoms with Crippen LogP contribution < -0.4 is 5.73 Å². The number of nitrogens with two attached hydrogens (primary N) is 1. The van der Waals surface area contributed by atoms with Crippen molar-refractivity contribution in [1.29, 1.82) is 0 Å². The van der Waals surface area contributed by atoms with Gasteiger partial charge in [-0.3, -0.25) is 9.69 Å². The molecule has 0 bridgehead atoms. The molecule has 3 atom stereocenters. The molecular formula is C13H26N2O2. The van der Waals surface area contributed by atoms with Crippen LogP contribution in [0.25, 0.3) is 0 Å². The van der Waals surface area contributed by atoms with E-state index < -0.39 is 0 Å². The highest BCUT2D eigenvalue weighted by atomic mass is 16.5. The molecule has 1 aliphatic rings. The van der Waals surface area contributed by atoms with Crippen molar-refractivity contribution in [3.05, 3.63) is 0 Å². The fourth-order valence-electron chi connectivity index (χ4n) is 2.66. The molecule has 4 nitrogen and oxygen atoms in total. The van der Waals surface area contributed by atoms with E-state index in [1.807, 2.05) is 6.92 Å². The topological polar surface area (TPSA) is 55.6 Å². The van der Waals surface area contributed by atoms with Gasteiger partial charge in [-0.1, -0.05) is 6.92 Å². The fraction of sp³-hybridized carbons (Fsp3) is 0.923. The van der Waals surface area contributed by atoms with Gasteiger partial charge in [-0.05, 0) is 39.2 Å². The van der Waals surface area contributed by atoms with Gasteiger partial charge in [-0.25, -0.2) is 0 Å². The molecule has 0 aromatic heterocycles. The summed E-state index contributed by atoms with van der Waals surface area (Å²) < 4.78 is 5.00. The lowest BCUT2D eigenvalue weighted by atomic mass is 9.91. The highest BCUT2D eigenvalue weighted by Crippen LogP contribution is 2.24. The Labute approximate surface area is 104 Å². The van der Waals surface area contributed by atoms with Crippen molar-refractivity contribution in [2.75, 3.05) is 19.7 Å². The predicted octanol–water partition coefficient (Wildman–Crippen LogP) is 1.39. The normalized spacial score (nSPS) is 27.8. The number of nitrogens with zero attached hydrogens (tertiary/aromatic N) is 1. The Bertz CT molecular complexity index is 246. The van der Waals surface area contributed by atoms with Gasteiger partial charge < -0.3 is 10.5 Å². The number of hydrogen-bond donors (Lipinski definition) is 1. The molecule has 17 heavy (non-hydrogen) atoms. The lowest BCUT2D eigenvalue weighted by Crippen LogP contribution is -2.50. The first kappa shape index (κ1) is 14.5. The molecule has 0 saturated carbocycles. The third-order valence-electron chi connectivity index (χ3n) is 3.63. The molecule has 1 rings (SSSR count). The lowest BCUT2D eigenvalue weighted by molar-refractivity contribution is -0.144. The van der Waals surface area contributed by atoms with E-state index >= 15 is 0 Å². The molecule has 1 aliphatic heterocycles. The Morgan fingerprint density at radius 1 is 1.59 bits per heavy atom.